The Labute approximate surface area is 117 Å². The van der Waals surface area contributed by atoms with Gasteiger partial charge in [0, 0.05) is 45.5 Å². The van der Waals surface area contributed by atoms with Crippen molar-refractivity contribution in [2.24, 2.45) is 0 Å². The zero-order valence-electron chi connectivity index (χ0n) is 11.4. The summed E-state index contributed by atoms with van der Waals surface area (Å²) in [5.41, 5.74) is 0. The highest BCUT2D eigenvalue weighted by atomic mass is 16.2. The first-order chi connectivity index (χ1) is 9.74. The van der Waals surface area contributed by atoms with Gasteiger partial charge < -0.3 is 14.4 Å². The third-order valence-corrected chi connectivity index (χ3v) is 3.55. The molecule has 104 valence electrons. The molecule has 1 fully saturated rings. The van der Waals surface area contributed by atoms with Crippen LogP contribution in [0, 0.1) is 0 Å². The number of hydrogen-bond acceptors (Lipinski definition) is 4. The van der Waals surface area contributed by atoms with Gasteiger partial charge in [-0.05, 0) is 24.3 Å². The first-order valence-electron chi connectivity index (χ1n) is 6.71. The minimum Gasteiger partial charge on any atom is -0.352 e. The highest BCUT2D eigenvalue weighted by molar-refractivity contribution is 5.73. The van der Waals surface area contributed by atoms with E-state index in [4.69, 9.17) is 0 Å². The van der Waals surface area contributed by atoms with Crippen molar-refractivity contribution < 1.29 is 4.79 Å². The normalized spacial score (nSPS) is 15.4. The average Bonchev–Trinajstić information content (AvgIpc) is 3.02. The van der Waals surface area contributed by atoms with Crippen molar-refractivity contribution in [2.45, 2.75) is 6.92 Å². The molecular weight excluding hydrogens is 254 g/mol. The van der Waals surface area contributed by atoms with Gasteiger partial charge in [-0.25, -0.2) is 0 Å². The first-order valence-corrected chi connectivity index (χ1v) is 6.71. The molecule has 0 unspecified atom stereocenters. The van der Waals surface area contributed by atoms with Crippen molar-refractivity contribution >= 4 is 11.7 Å². The molecule has 3 rings (SSSR count). The van der Waals surface area contributed by atoms with Crippen LogP contribution >= 0.6 is 0 Å². The van der Waals surface area contributed by atoms with E-state index in [-0.39, 0.29) is 5.91 Å². The molecular formula is C14H17N5O. The van der Waals surface area contributed by atoms with Crippen LogP contribution in [0.4, 0.5) is 5.82 Å². The van der Waals surface area contributed by atoms with Crippen LogP contribution in [-0.4, -0.2) is 51.8 Å². The second kappa shape index (κ2) is 5.32. The molecule has 1 saturated heterocycles. The fourth-order valence-electron chi connectivity index (χ4n) is 2.36. The number of piperazine rings is 1. The topological polar surface area (TPSA) is 54.3 Å². The van der Waals surface area contributed by atoms with E-state index in [0.717, 1.165) is 37.8 Å². The Bertz CT molecular complexity index is 570. The number of rotatable bonds is 2. The fourth-order valence-corrected chi connectivity index (χ4v) is 2.36. The summed E-state index contributed by atoms with van der Waals surface area (Å²) in [6, 6.07) is 7.85. The van der Waals surface area contributed by atoms with Gasteiger partial charge >= 0.3 is 0 Å². The SMILES string of the molecule is CC(=O)N1CCN(c2ccc(-n3cccc3)nn2)CC1. The number of aromatic nitrogens is 3. The van der Waals surface area contributed by atoms with Gasteiger partial charge in [-0.3, -0.25) is 4.79 Å². The summed E-state index contributed by atoms with van der Waals surface area (Å²) >= 11 is 0. The molecule has 0 aliphatic carbocycles. The van der Waals surface area contributed by atoms with Crippen molar-refractivity contribution in [3.63, 3.8) is 0 Å². The maximum absolute atomic E-state index is 11.3. The van der Waals surface area contributed by atoms with Gasteiger partial charge in [0.15, 0.2) is 11.6 Å². The highest BCUT2D eigenvalue weighted by Gasteiger charge is 2.19. The Morgan fingerprint density at radius 1 is 1.00 bits per heavy atom. The highest BCUT2D eigenvalue weighted by Crippen LogP contribution is 2.14. The number of carbonyl (C=O) groups excluding carboxylic acids is 1. The lowest BCUT2D eigenvalue weighted by Crippen LogP contribution is -2.48. The van der Waals surface area contributed by atoms with Crippen LogP contribution in [0.2, 0.25) is 0 Å². The summed E-state index contributed by atoms with van der Waals surface area (Å²) in [7, 11) is 0. The first kappa shape index (κ1) is 12.7. The standard InChI is InChI=1S/C14H17N5O/c1-12(20)17-8-10-19(11-9-17)14-5-4-13(15-16-14)18-6-2-3-7-18/h2-7H,8-11H2,1H3. The second-order valence-electron chi connectivity index (χ2n) is 4.83. The predicted octanol–water partition coefficient (Wildman–Crippen LogP) is 0.936. The summed E-state index contributed by atoms with van der Waals surface area (Å²) in [6.07, 6.45) is 3.88. The Morgan fingerprint density at radius 2 is 1.60 bits per heavy atom. The Kier molecular flexibility index (Phi) is 3.37. The molecule has 0 spiro atoms. The van der Waals surface area contributed by atoms with Crippen LogP contribution in [0.5, 0.6) is 0 Å². The Morgan fingerprint density at radius 3 is 2.15 bits per heavy atom. The molecule has 0 saturated carbocycles. The van der Waals surface area contributed by atoms with E-state index in [1.165, 1.54) is 0 Å². The van der Waals surface area contributed by atoms with E-state index in [1.54, 1.807) is 6.92 Å². The Balaban J connectivity index is 1.68. The number of anilines is 1. The molecule has 20 heavy (non-hydrogen) atoms. The molecule has 0 bridgehead atoms. The molecule has 1 aliphatic heterocycles. The summed E-state index contributed by atoms with van der Waals surface area (Å²) in [6.45, 7) is 4.71. The summed E-state index contributed by atoms with van der Waals surface area (Å²) in [4.78, 5) is 15.3. The van der Waals surface area contributed by atoms with E-state index in [0.29, 0.717) is 0 Å². The third kappa shape index (κ3) is 2.49. The number of carbonyl (C=O) groups is 1. The van der Waals surface area contributed by atoms with E-state index in [1.807, 2.05) is 46.1 Å². The summed E-state index contributed by atoms with van der Waals surface area (Å²) < 4.78 is 1.92. The van der Waals surface area contributed by atoms with Gasteiger partial charge in [-0.15, -0.1) is 10.2 Å². The van der Waals surface area contributed by atoms with Gasteiger partial charge in [0.2, 0.25) is 5.91 Å². The van der Waals surface area contributed by atoms with Gasteiger partial charge in [-0.2, -0.15) is 0 Å². The lowest BCUT2D eigenvalue weighted by molar-refractivity contribution is -0.129. The van der Waals surface area contributed by atoms with E-state index < -0.39 is 0 Å². The number of hydrogen-bond donors (Lipinski definition) is 0. The minimum atomic E-state index is 0.138. The van der Waals surface area contributed by atoms with Crippen molar-refractivity contribution in [3.8, 4) is 5.82 Å². The van der Waals surface area contributed by atoms with E-state index in [9.17, 15) is 4.79 Å². The zero-order chi connectivity index (χ0) is 13.9. The molecule has 0 atom stereocenters. The van der Waals surface area contributed by atoms with E-state index >= 15 is 0 Å². The molecule has 6 heteroatoms. The predicted molar refractivity (Wildman–Crippen MR) is 75.8 cm³/mol. The minimum absolute atomic E-state index is 0.138. The summed E-state index contributed by atoms with van der Waals surface area (Å²) in [5.74, 6) is 1.81. The molecule has 0 N–H and O–H groups in total. The van der Waals surface area contributed by atoms with Gasteiger partial charge in [0.05, 0.1) is 0 Å². The van der Waals surface area contributed by atoms with Crippen molar-refractivity contribution in [1.29, 1.82) is 0 Å². The van der Waals surface area contributed by atoms with Crippen LogP contribution in [0.15, 0.2) is 36.7 Å². The molecule has 6 nitrogen and oxygen atoms in total. The second-order valence-corrected chi connectivity index (χ2v) is 4.83. The summed E-state index contributed by atoms with van der Waals surface area (Å²) in [5, 5.41) is 8.52. The van der Waals surface area contributed by atoms with Crippen LogP contribution in [-0.2, 0) is 4.79 Å². The maximum Gasteiger partial charge on any atom is 0.219 e. The molecule has 1 amide bonds. The largest absolute Gasteiger partial charge is 0.352 e. The molecule has 0 radical (unpaired) electrons. The van der Waals surface area contributed by atoms with Crippen LogP contribution in [0.25, 0.3) is 5.82 Å². The number of amides is 1. The quantitative estimate of drug-likeness (QED) is 0.815. The maximum atomic E-state index is 11.3. The monoisotopic (exact) mass is 271 g/mol. The van der Waals surface area contributed by atoms with Crippen molar-refractivity contribution in [2.75, 3.05) is 31.1 Å². The smallest absolute Gasteiger partial charge is 0.219 e. The number of nitrogens with zero attached hydrogens (tertiary/aromatic N) is 5. The van der Waals surface area contributed by atoms with Gasteiger partial charge in [-0.1, -0.05) is 0 Å². The average molecular weight is 271 g/mol. The molecule has 2 aromatic heterocycles. The Hall–Kier alpha value is -2.37. The van der Waals surface area contributed by atoms with Crippen LogP contribution < -0.4 is 4.90 Å². The van der Waals surface area contributed by atoms with Crippen LogP contribution in [0.3, 0.4) is 0 Å². The molecule has 2 aromatic rings. The lowest BCUT2D eigenvalue weighted by Gasteiger charge is -2.34. The van der Waals surface area contributed by atoms with Gasteiger partial charge in [0.1, 0.15) is 0 Å². The van der Waals surface area contributed by atoms with Crippen molar-refractivity contribution in [3.05, 3.63) is 36.7 Å². The lowest BCUT2D eigenvalue weighted by atomic mass is 10.3. The van der Waals surface area contributed by atoms with Crippen LogP contribution in [0.1, 0.15) is 6.92 Å². The molecule has 0 aromatic carbocycles. The zero-order valence-corrected chi connectivity index (χ0v) is 11.4. The fraction of sp³-hybridized carbons (Fsp3) is 0.357. The third-order valence-electron chi connectivity index (χ3n) is 3.55. The van der Waals surface area contributed by atoms with Crippen molar-refractivity contribution in [1.82, 2.24) is 19.7 Å². The van der Waals surface area contributed by atoms with Gasteiger partial charge in [0.25, 0.3) is 0 Å². The molecule has 3 heterocycles. The molecule has 1 aliphatic rings. The van der Waals surface area contributed by atoms with E-state index in [2.05, 4.69) is 15.1 Å².